The monoisotopic (exact) mass is 214 g/mol. The lowest BCUT2D eigenvalue weighted by Gasteiger charge is -2.11. The number of hydrogen-bond donors (Lipinski definition) is 1. The van der Waals surface area contributed by atoms with E-state index < -0.39 is 11.7 Å². The minimum Gasteiger partial charge on any atom is -0.357 e. The second-order valence-electron chi connectivity index (χ2n) is 2.96. The van der Waals surface area contributed by atoms with E-state index >= 15 is 0 Å². The van der Waals surface area contributed by atoms with E-state index in [0.717, 1.165) is 18.3 Å². The zero-order valence-electron chi connectivity index (χ0n) is 7.97. The van der Waals surface area contributed by atoms with E-state index in [1.165, 1.54) is 0 Å². The van der Waals surface area contributed by atoms with Crippen LogP contribution in [-0.2, 0) is 6.18 Å². The molecule has 0 spiro atoms. The fraction of sp³-hybridized carbons (Fsp3) is 0.300. The Morgan fingerprint density at radius 1 is 1.53 bits per heavy atom. The highest BCUT2D eigenvalue weighted by Crippen LogP contribution is 2.29. The van der Waals surface area contributed by atoms with Gasteiger partial charge in [0.15, 0.2) is 0 Å². The zero-order valence-corrected chi connectivity index (χ0v) is 7.97. The van der Waals surface area contributed by atoms with Crippen molar-refractivity contribution in [1.29, 1.82) is 0 Å². The first kappa shape index (κ1) is 11.4. The minimum absolute atomic E-state index is 0.121. The third kappa shape index (κ3) is 3.17. The highest BCUT2D eigenvalue weighted by atomic mass is 19.4. The molecular formula is C10H9F3N2. The van der Waals surface area contributed by atoms with E-state index in [1.54, 1.807) is 6.92 Å². The molecule has 1 unspecified atom stereocenters. The maximum atomic E-state index is 12.3. The topological polar surface area (TPSA) is 24.9 Å². The Hall–Kier alpha value is -1.70. The number of rotatable bonds is 2. The molecule has 0 aliphatic heterocycles. The number of alkyl halides is 3. The number of terminal acetylenes is 1. The molecule has 0 bridgehead atoms. The summed E-state index contributed by atoms with van der Waals surface area (Å²) in [5.74, 6) is 2.46. The Morgan fingerprint density at radius 2 is 2.20 bits per heavy atom. The van der Waals surface area contributed by atoms with Gasteiger partial charge in [0.1, 0.15) is 5.82 Å². The van der Waals surface area contributed by atoms with E-state index in [1.807, 2.05) is 0 Å². The number of hydrogen-bond acceptors (Lipinski definition) is 2. The van der Waals surface area contributed by atoms with Gasteiger partial charge in [0.05, 0.1) is 11.6 Å². The molecule has 1 rings (SSSR count). The average Bonchev–Trinajstić information content (AvgIpc) is 2.17. The molecule has 0 amide bonds. The van der Waals surface area contributed by atoms with Crippen LogP contribution in [0, 0.1) is 12.3 Å². The number of halogens is 3. The zero-order chi connectivity index (χ0) is 11.5. The Labute approximate surface area is 85.5 Å². The van der Waals surface area contributed by atoms with Gasteiger partial charge in [-0.05, 0) is 19.1 Å². The minimum atomic E-state index is -4.36. The fourth-order valence-electron chi connectivity index (χ4n) is 0.949. The van der Waals surface area contributed by atoms with Gasteiger partial charge in [-0.1, -0.05) is 5.92 Å². The molecule has 0 radical (unpaired) electrons. The quantitative estimate of drug-likeness (QED) is 0.765. The second kappa shape index (κ2) is 4.22. The van der Waals surface area contributed by atoms with Crippen LogP contribution in [0.5, 0.6) is 0 Å². The molecule has 2 nitrogen and oxygen atoms in total. The summed E-state index contributed by atoms with van der Waals surface area (Å²) >= 11 is 0. The summed E-state index contributed by atoms with van der Waals surface area (Å²) in [6.45, 7) is 1.65. The Kier molecular flexibility index (Phi) is 3.20. The van der Waals surface area contributed by atoms with Gasteiger partial charge in [-0.3, -0.25) is 0 Å². The van der Waals surface area contributed by atoms with Gasteiger partial charge >= 0.3 is 6.18 Å². The molecule has 5 heteroatoms. The lowest BCUT2D eigenvalue weighted by atomic mass is 10.2. The molecule has 1 heterocycles. The van der Waals surface area contributed by atoms with E-state index in [2.05, 4.69) is 16.2 Å². The van der Waals surface area contributed by atoms with Gasteiger partial charge in [-0.15, -0.1) is 6.42 Å². The van der Waals surface area contributed by atoms with Gasteiger partial charge in [0.2, 0.25) is 0 Å². The molecule has 15 heavy (non-hydrogen) atoms. The first-order valence-electron chi connectivity index (χ1n) is 4.19. The van der Waals surface area contributed by atoms with Gasteiger partial charge in [0.25, 0.3) is 0 Å². The Bertz CT molecular complexity index is 379. The van der Waals surface area contributed by atoms with E-state index in [-0.39, 0.29) is 11.9 Å². The summed E-state index contributed by atoms with van der Waals surface area (Å²) < 4.78 is 36.9. The first-order valence-corrected chi connectivity index (χ1v) is 4.19. The molecule has 80 valence electrons. The highest BCUT2D eigenvalue weighted by molar-refractivity contribution is 5.40. The predicted octanol–water partition coefficient (Wildman–Crippen LogP) is 2.53. The normalized spacial score (nSPS) is 13.0. The smallest absolute Gasteiger partial charge is 0.357 e. The third-order valence-electron chi connectivity index (χ3n) is 1.70. The number of aromatic nitrogens is 1. The maximum absolute atomic E-state index is 12.3. The van der Waals surface area contributed by atoms with Crippen LogP contribution in [0.25, 0.3) is 0 Å². The number of nitrogens with one attached hydrogen (secondary N) is 1. The average molecular weight is 214 g/mol. The third-order valence-corrected chi connectivity index (χ3v) is 1.70. The van der Waals surface area contributed by atoms with E-state index in [0.29, 0.717) is 0 Å². The van der Waals surface area contributed by atoms with Crippen molar-refractivity contribution in [1.82, 2.24) is 4.98 Å². The van der Waals surface area contributed by atoms with Crippen molar-refractivity contribution < 1.29 is 13.2 Å². The van der Waals surface area contributed by atoms with E-state index in [4.69, 9.17) is 6.42 Å². The summed E-state index contributed by atoms with van der Waals surface area (Å²) in [6, 6.07) is 1.47. The summed E-state index contributed by atoms with van der Waals surface area (Å²) in [5.41, 5.74) is -0.746. The largest absolute Gasteiger partial charge is 0.416 e. The molecule has 0 aliphatic rings. The standard InChI is InChI=1S/C10H9F3N2/c1-3-7(2)15-9-6-8(4-5-14-9)10(11,12)13/h1,4-7H,2H3,(H,14,15). The van der Waals surface area contributed by atoms with Crippen LogP contribution in [-0.4, -0.2) is 11.0 Å². The van der Waals surface area contributed by atoms with Crippen molar-refractivity contribution in [2.75, 3.05) is 5.32 Å². The van der Waals surface area contributed by atoms with Crippen molar-refractivity contribution >= 4 is 5.82 Å². The van der Waals surface area contributed by atoms with Gasteiger partial charge in [-0.25, -0.2) is 4.98 Å². The molecule has 0 aliphatic carbocycles. The van der Waals surface area contributed by atoms with Crippen molar-refractivity contribution in [3.05, 3.63) is 23.9 Å². The van der Waals surface area contributed by atoms with Crippen molar-refractivity contribution in [3.8, 4) is 12.3 Å². The molecular weight excluding hydrogens is 205 g/mol. The van der Waals surface area contributed by atoms with Crippen LogP contribution in [0.3, 0.4) is 0 Å². The fourth-order valence-corrected chi connectivity index (χ4v) is 0.949. The molecule has 0 saturated heterocycles. The molecule has 1 N–H and O–H groups in total. The van der Waals surface area contributed by atoms with Gasteiger partial charge < -0.3 is 5.32 Å². The number of anilines is 1. The summed E-state index contributed by atoms with van der Waals surface area (Å²) in [4.78, 5) is 3.73. The summed E-state index contributed by atoms with van der Waals surface area (Å²) in [6.07, 6.45) is 1.81. The van der Waals surface area contributed by atoms with Crippen LogP contribution in [0.1, 0.15) is 12.5 Å². The van der Waals surface area contributed by atoms with Crippen molar-refractivity contribution in [3.63, 3.8) is 0 Å². The van der Waals surface area contributed by atoms with Crippen molar-refractivity contribution in [2.45, 2.75) is 19.1 Å². The maximum Gasteiger partial charge on any atom is 0.416 e. The summed E-state index contributed by atoms with van der Waals surface area (Å²) in [7, 11) is 0. The predicted molar refractivity (Wildman–Crippen MR) is 51.2 cm³/mol. The van der Waals surface area contributed by atoms with Gasteiger partial charge in [0, 0.05) is 6.20 Å². The number of pyridine rings is 1. The molecule has 0 saturated carbocycles. The van der Waals surface area contributed by atoms with Crippen LogP contribution < -0.4 is 5.32 Å². The molecule has 1 aromatic heterocycles. The molecule has 0 aromatic carbocycles. The highest BCUT2D eigenvalue weighted by Gasteiger charge is 2.30. The van der Waals surface area contributed by atoms with Crippen molar-refractivity contribution in [2.24, 2.45) is 0 Å². The van der Waals surface area contributed by atoms with Crippen LogP contribution in [0.2, 0.25) is 0 Å². The number of nitrogens with zero attached hydrogens (tertiary/aromatic N) is 1. The van der Waals surface area contributed by atoms with Crippen LogP contribution >= 0.6 is 0 Å². The van der Waals surface area contributed by atoms with Gasteiger partial charge in [-0.2, -0.15) is 13.2 Å². The van der Waals surface area contributed by atoms with E-state index in [9.17, 15) is 13.2 Å². The summed E-state index contributed by atoms with van der Waals surface area (Å²) in [5, 5.41) is 2.66. The molecule has 0 fully saturated rings. The first-order chi connectivity index (χ1) is 6.93. The Balaban J connectivity index is 2.90. The van der Waals surface area contributed by atoms with Crippen LogP contribution in [0.4, 0.5) is 19.0 Å². The lowest BCUT2D eigenvalue weighted by molar-refractivity contribution is -0.137. The molecule has 1 atom stereocenters. The second-order valence-corrected chi connectivity index (χ2v) is 2.96. The SMILES string of the molecule is C#CC(C)Nc1cc(C(F)(F)F)ccn1. The Morgan fingerprint density at radius 3 is 2.73 bits per heavy atom. The lowest BCUT2D eigenvalue weighted by Crippen LogP contribution is -2.14. The molecule has 1 aromatic rings. The van der Waals surface area contributed by atoms with Crippen LogP contribution in [0.15, 0.2) is 18.3 Å².